The Morgan fingerprint density at radius 1 is 1.22 bits per heavy atom. The standard InChI is InChI=1S/C9H14/c1-3-5-7-9-8-6-4-2/h3,5-8H,1,4,9H2,2H3/b7-5+,8-6-. The zero-order valence-electron chi connectivity index (χ0n) is 6.01. The van der Waals surface area contributed by atoms with Crippen LogP contribution in [0, 0.1) is 0 Å². The van der Waals surface area contributed by atoms with Crippen LogP contribution in [0.25, 0.3) is 0 Å². The topological polar surface area (TPSA) is 0 Å². The van der Waals surface area contributed by atoms with E-state index >= 15 is 0 Å². The molecular formula is C9H14. The van der Waals surface area contributed by atoms with Crippen LogP contribution in [0.1, 0.15) is 19.8 Å². The number of hydrogen-bond acceptors (Lipinski definition) is 0. The monoisotopic (exact) mass is 122 g/mol. The van der Waals surface area contributed by atoms with Gasteiger partial charge in [0.05, 0.1) is 0 Å². The second-order valence-corrected chi connectivity index (χ2v) is 1.78. The minimum absolute atomic E-state index is 1.03. The van der Waals surface area contributed by atoms with E-state index in [1.165, 1.54) is 0 Å². The smallest absolute Gasteiger partial charge is 0.0166 e. The lowest BCUT2D eigenvalue weighted by Gasteiger charge is -1.78. The van der Waals surface area contributed by atoms with E-state index in [1.54, 1.807) is 6.08 Å². The third-order valence-corrected chi connectivity index (χ3v) is 0.947. The van der Waals surface area contributed by atoms with Crippen LogP contribution >= 0.6 is 0 Å². The fourth-order valence-corrected chi connectivity index (χ4v) is 0.516. The Balaban J connectivity index is 3.17. The van der Waals surface area contributed by atoms with Crippen molar-refractivity contribution in [3.63, 3.8) is 0 Å². The van der Waals surface area contributed by atoms with Gasteiger partial charge in [-0.15, -0.1) is 0 Å². The summed E-state index contributed by atoms with van der Waals surface area (Å²) in [5, 5.41) is 0. The van der Waals surface area contributed by atoms with Crippen molar-refractivity contribution in [1.82, 2.24) is 0 Å². The molecule has 0 amide bonds. The first-order chi connectivity index (χ1) is 4.41. The molecule has 0 aromatic rings. The highest BCUT2D eigenvalue weighted by molar-refractivity contribution is 5.00. The molecule has 0 heteroatoms. The quantitative estimate of drug-likeness (QED) is 0.397. The van der Waals surface area contributed by atoms with Crippen LogP contribution in [0.5, 0.6) is 0 Å². The van der Waals surface area contributed by atoms with Crippen LogP contribution in [-0.2, 0) is 0 Å². The summed E-state index contributed by atoms with van der Waals surface area (Å²) < 4.78 is 0. The molecule has 0 saturated heterocycles. The molecule has 0 unspecified atom stereocenters. The Hall–Kier alpha value is -0.780. The van der Waals surface area contributed by atoms with Crippen LogP contribution in [-0.4, -0.2) is 0 Å². The molecule has 0 rings (SSSR count). The summed E-state index contributed by atoms with van der Waals surface area (Å²) in [6, 6.07) is 0. The van der Waals surface area contributed by atoms with E-state index in [1.807, 2.05) is 6.08 Å². The van der Waals surface area contributed by atoms with Gasteiger partial charge in [0, 0.05) is 0 Å². The average molecular weight is 122 g/mol. The average Bonchev–Trinajstić information content (AvgIpc) is 1.89. The molecule has 0 aliphatic heterocycles. The van der Waals surface area contributed by atoms with Gasteiger partial charge in [-0.3, -0.25) is 0 Å². The summed E-state index contributed by atoms with van der Waals surface area (Å²) in [5.74, 6) is 0. The van der Waals surface area contributed by atoms with E-state index in [0.29, 0.717) is 0 Å². The summed E-state index contributed by atoms with van der Waals surface area (Å²) in [7, 11) is 0. The van der Waals surface area contributed by atoms with Crippen LogP contribution in [0.15, 0.2) is 37.0 Å². The van der Waals surface area contributed by atoms with Gasteiger partial charge in [-0.1, -0.05) is 43.9 Å². The SMILES string of the molecule is C=C/C=C/C/C=C\CC. The number of allylic oxidation sites excluding steroid dienone is 5. The Kier molecular flexibility index (Phi) is 6.59. The van der Waals surface area contributed by atoms with Gasteiger partial charge >= 0.3 is 0 Å². The molecule has 0 spiro atoms. The maximum absolute atomic E-state index is 3.57. The first kappa shape index (κ1) is 8.22. The second-order valence-electron chi connectivity index (χ2n) is 1.78. The van der Waals surface area contributed by atoms with E-state index in [9.17, 15) is 0 Å². The van der Waals surface area contributed by atoms with E-state index in [-0.39, 0.29) is 0 Å². The first-order valence-electron chi connectivity index (χ1n) is 3.34. The van der Waals surface area contributed by atoms with Crippen LogP contribution < -0.4 is 0 Å². The maximum Gasteiger partial charge on any atom is -0.0166 e. The Bertz CT molecular complexity index is 107. The Morgan fingerprint density at radius 2 is 2.00 bits per heavy atom. The Morgan fingerprint density at radius 3 is 2.56 bits per heavy atom. The van der Waals surface area contributed by atoms with Crippen molar-refractivity contribution >= 4 is 0 Å². The Labute approximate surface area is 57.6 Å². The summed E-state index contributed by atoms with van der Waals surface area (Å²) in [6.07, 6.45) is 12.3. The van der Waals surface area contributed by atoms with E-state index in [0.717, 1.165) is 12.8 Å². The summed E-state index contributed by atoms with van der Waals surface area (Å²) in [5.41, 5.74) is 0. The molecule has 0 heterocycles. The predicted octanol–water partition coefficient (Wildman–Crippen LogP) is 3.08. The fourth-order valence-electron chi connectivity index (χ4n) is 0.516. The molecule has 0 aliphatic carbocycles. The van der Waals surface area contributed by atoms with Crippen molar-refractivity contribution in [2.75, 3.05) is 0 Å². The van der Waals surface area contributed by atoms with Gasteiger partial charge in [-0.25, -0.2) is 0 Å². The molecule has 50 valence electrons. The van der Waals surface area contributed by atoms with E-state index < -0.39 is 0 Å². The molecule has 0 nitrogen and oxygen atoms in total. The third-order valence-electron chi connectivity index (χ3n) is 0.947. The van der Waals surface area contributed by atoms with Gasteiger partial charge < -0.3 is 0 Å². The van der Waals surface area contributed by atoms with Gasteiger partial charge in [0.2, 0.25) is 0 Å². The lowest BCUT2D eigenvalue weighted by Crippen LogP contribution is -1.56. The summed E-state index contributed by atoms with van der Waals surface area (Å²) in [6.45, 7) is 5.70. The molecule has 0 aliphatic rings. The molecule has 0 fully saturated rings. The number of rotatable bonds is 4. The molecule has 0 aromatic heterocycles. The van der Waals surface area contributed by atoms with Gasteiger partial charge in [0.25, 0.3) is 0 Å². The van der Waals surface area contributed by atoms with E-state index in [2.05, 4.69) is 31.7 Å². The zero-order valence-corrected chi connectivity index (χ0v) is 6.01. The van der Waals surface area contributed by atoms with Gasteiger partial charge in [0.15, 0.2) is 0 Å². The van der Waals surface area contributed by atoms with Gasteiger partial charge in [0.1, 0.15) is 0 Å². The minimum Gasteiger partial charge on any atom is -0.0991 e. The number of hydrogen-bond donors (Lipinski definition) is 0. The zero-order chi connectivity index (χ0) is 6.95. The molecule has 0 N–H and O–H groups in total. The summed E-state index contributed by atoms with van der Waals surface area (Å²) >= 11 is 0. The summed E-state index contributed by atoms with van der Waals surface area (Å²) in [4.78, 5) is 0. The van der Waals surface area contributed by atoms with Crippen molar-refractivity contribution in [1.29, 1.82) is 0 Å². The minimum atomic E-state index is 1.03. The van der Waals surface area contributed by atoms with Crippen molar-refractivity contribution in [3.8, 4) is 0 Å². The molecule has 0 saturated carbocycles. The lowest BCUT2D eigenvalue weighted by atomic mass is 10.3. The van der Waals surface area contributed by atoms with E-state index in [4.69, 9.17) is 0 Å². The van der Waals surface area contributed by atoms with Crippen molar-refractivity contribution in [3.05, 3.63) is 37.0 Å². The molecule has 9 heavy (non-hydrogen) atoms. The van der Waals surface area contributed by atoms with Crippen molar-refractivity contribution < 1.29 is 0 Å². The van der Waals surface area contributed by atoms with Gasteiger partial charge in [-0.05, 0) is 12.8 Å². The lowest BCUT2D eigenvalue weighted by molar-refractivity contribution is 1.20. The van der Waals surface area contributed by atoms with Crippen LogP contribution in [0.4, 0.5) is 0 Å². The highest BCUT2D eigenvalue weighted by Gasteiger charge is 1.66. The predicted molar refractivity (Wildman–Crippen MR) is 43.4 cm³/mol. The largest absolute Gasteiger partial charge is 0.0991 e. The highest BCUT2D eigenvalue weighted by atomic mass is 13.7. The molecule has 0 bridgehead atoms. The highest BCUT2D eigenvalue weighted by Crippen LogP contribution is 1.87. The molecule has 0 radical (unpaired) electrons. The fraction of sp³-hybridized carbons (Fsp3) is 0.333. The first-order valence-corrected chi connectivity index (χ1v) is 3.34. The molecular weight excluding hydrogens is 108 g/mol. The second kappa shape index (κ2) is 7.22. The molecule has 0 atom stereocenters. The van der Waals surface area contributed by atoms with Crippen molar-refractivity contribution in [2.24, 2.45) is 0 Å². The van der Waals surface area contributed by atoms with Crippen LogP contribution in [0.3, 0.4) is 0 Å². The van der Waals surface area contributed by atoms with Crippen molar-refractivity contribution in [2.45, 2.75) is 19.8 Å². The van der Waals surface area contributed by atoms with Gasteiger partial charge in [-0.2, -0.15) is 0 Å². The third kappa shape index (κ3) is 7.22. The molecule has 0 aromatic carbocycles. The normalized spacial score (nSPS) is 11.2. The maximum atomic E-state index is 3.57. The van der Waals surface area contributed by atoms with Crippen LogP contribution in [0.2, 0.25) is 0 Å².